The van der Waals surface area contributed by atoms with Gasteiger partial charge >= 0.3 is 0 Å². The molecule has 0 amide bonds. The second-order valence-electron chi connectivity index (χ2n) is 4.48. The summed E-state index contributed by atoms with van der Waals surface area (Å²) >= 11 is 6.07. The number of hydrogen-bond acceptors (Lipinski definition) is 5. The summed E-state index contributed by atoms with van der Waals surface area (Å²) in [5, 5.41) is 0.419. The Morgan fingerprint density at radius 1 is 1.37 bits per heavy atom. The second-order valence-corrected chi connectivity index (χ2v) is 4.87. The predicted octanol–water partition coefficient (Wildman–Crippen LogP) is 2.32. The maximum Gasteiger partial charge on any atom is 0.162 e. The number of ether oxygens (including phenoxy) is 3. The highest BCUT2D eigenvalue weighted by Crippen LogP contribution is 2.34. The van der Waals surface area contributed by atoms with E-state index in [-0.39, 0.29) is 0 Å². The summed E-state index contributed by atoms with van der Waals surface area (Å²) in [6, 6.07) is 1.72. The largest absolute Gasteiger partial charge is 0.381 e. The summed E-state index contributed by atoms with van der Waals surface area (Å²) < 4.78 is 16.5. The molecule has 106 valence electrons. The van der Waals surface area contributed by atoms with Crippen molar-refractivity contribution in [3.8, 4) is 0 Å². The van der Waals surface area contributed by atoms with Crippen LogP contribution in [0.2, 0.25) is 5.15 Å². The highest BCUT2D eigenvalue weighted by molar-refractivity contribution is 6.29. The Balaban J connectivity index is 2.34. The van der Waals surface area contributed by atoms with Crippen LogP contribution in [0, 0.1) is 0 Å². The SMILES string of the molecule is CCOC1(c2nc(Cl)cc(COC)n2)CCOCC1. The molecule has 0 N–H and O–H groups in total. The van der Waals surface area contributed by atoms with Crippen LogP contribution in [-0.4, -0.2) is 36.9 Å². The number of aromatic nitrogens is 2. The van der Waals surface area contributed by atoms with Gasteiger partial charge in [-0.1, -0.05) is 11.6 Å². The first-order valence-electron chi connectivity index (χ1n) is 6.45. The summed E-state index contributed by atoms with van der Waals surface area (Å²) in [7, 11) is 1.63. The molecule has 1 aromatic rings. The van der Waals surface area contributed by atoms with Crippen molar-refractivity contribution in [1.82, 2.24) is 9.97 Å². The van der Waals surface area contributed by atoms with Crippen LogP contribution in [0.3, 0.4) is 0 Å². The lowest BCUT2D eigenvalue weighted by molar-refractivity contribution is -0.118. The van der Waals surface area contributed by atoms with Gasteiger partial charge in [-0.15, -0.1) is 0 Å². The molecule has 0 spiro atoms. The van der Waals surface area contributed by atoms with Crippen LogP contribution < -0.4 is 0 Å². The van der Waals surface area contributed by atoms with Gasteiger partial charge in [0.1, 0.15) is 10.8 Å². The van der Waals surface area contributed by atoms with Gasteiger partial charge in [0.2, 0.25) is 0 Å². The lowest BCUT2D eigenvalue weighted by Gasteiger charge is -2.35. The fraction of sp³-hybridized carbons (Fsp3) is 0.692. The van der Waals surface area contributed by atoms with Crippen molar-refractivity contribution < 1.29 is 14.2 Å². The zero-order valence-electron chi connectivity index (χ0n) is 11.3. The van der Waals surface area contributed by atoms with Crippen molar-refractivity contribution >= 4 is 11.6 Å². The topological polar surface area (TPSA) is 53.5 Å². The molecule has 0 atom stereocenters. The van der Waals surface area contributed by atoms with E-state index in [4.69, 9.17) is 25.8 Å². The molecule has 2 rings (SSSR count). The van der Waals surface area contributed by atoms with E-state index >= 15 is 0 Å². The Morgan fingerprint density at radius 2 is 2.11 bits per heavy atom. The van der Waals surface area contributed by atoms with Gasteiger partial charge in [-0.3, -0.25) is 0 Å². The third-order valence-electron chi connectivity index (χ3n) is 3.17. The lowest BCUT2D eigenvalue weighted by Crippen LogP contribution is -2.38. The number of hydrogen-bond donors (Lipinski definition) is 0. The Morgan fingerprint density at radius 3 is 2.74 bits per heavy atom. The number of halogens is 1. The lowest BCUT2D eigenvalue weighted by atomic mass is 9.93. The molecule has 1 saturated heterocycles. The van der Waals surface area contributed by atoms with E-state index in [1.54, 1.807) is 13.2 Å². The van der Waals surface area contributed by atoms with Crippen LogP contribution in [0.5, 0.6) is 0 Å². The molecule has 0 radical (unpaired) electrons. The first-order valence-corrected chi connectivity index (χ1v) is 6.82. The summed E-state index contributed by atoms with van der Waals surface area (Å²) in [6.45, 7) is 4.28. The molecule has 0 aromatic carbocycles. The molecule has 6 heteroatoms. The first kappa shape index (κ1) is 14.7. The predicted molar refractivity (Wildman–Crippen MR) is 71.1 cm³/mol. The molecule has 1 fully saturated rings. The minimum Gasteiger partial charge on any atom is -0.381 e. The molecular weight excluding hydrogens is 268 g/mol. The number of nitrogens with zero attached hydrogens (tertiary/aromatic N) is 2. The highest BCUT2D eigenvalue weighted by Gasteiger charge is 2.38. The summed E-state index contributed by atoms with van der Waals surface area (Å²) in [5.41, 5.74) is 0.281. The minimum atomic E-state index is -0.486. The van der Waals surface area contributed by atoms with Crippen molar-refractivity contribution in [2.75, 3.05) is 26.9 Å². The summed E-state index contributed by atoms with van der Waals surface area (Å²) in [6.07, 6.45) is 1.49. The third-order valence-corrected chi connectivity index (χ3v) is 3.36. The molecule has 1 aliphatic rings. The quantitative estimate of drug-likeness (QED) is 0.778. The van der Waals surface area contributed by atoms with E-state index in [9.17, 15) is 0 Å². The molecule has 0 unspecified atom stereocenters. The summed E-state index contributed by atoms with van der Waals surface area (Å²) in [5.74, 6) is 0.636. The molecule has 1 aromatic heterocycles. The van der Waals surface area contributed by atoms with E-state index in [1.165, 1.54) is 0 Å². The fourth-order valence-electron chi connectivity index (χ4n) is 2.30. The van der Waals surface area contributed by atoms with Gasteiger partial charge in [0.05, 0.1) is 12.3 Å². The van der Waals surface area contributed by atoms with Gasteiger partial charge < -0.3 is 14.2 Å². The molecule has 0 aliphatic carbocycles. The van der Waals surface area contributed by atoms with E-state index in [1.807, 2.05) is 6.92 Å². The third kappa shape index (κ3) is 3.42. The first-order chi connectivity index (χ1) is 9.20. The van der Waals surface area contributed by atoms with Crippen LogP contribution in [0.25, 0.3) is 0 Å². The average Bonchev–Trinajstić information content (AvgIpc) is 2.40. The Kier molecular flexibility index (Phi) is 5.10. The normalized spacial score (nSPS) is 18.5. The zero-order chi connectivity index (χ0) is 13.7. The smallest absolute Gasteiger partial charge is 0.162 e. The van der Waals surface area contributed by atoms with Gasteiger partial charge in [0, 0.05) is 39.8 Å². The molecule has 0 saturated carbocycles. The van der Waals surface area contributed by atoms with Gasteiger partial charge in [0.25, 0.3) is 0 Å². The van der Waals surface area contributed by atoms with Crippen LogP contribution in [0.4, 0.5) is 0 Å². The van der Waals surface area contributed by atoms with Crippen LogP contribution in [0.15, 0.2) is 6.07 Å². The van der Waals surface area contributed by atoms with Crippen molar-refractivity contribution in [3.63, 3.8) is 0 Å². The Bertz CT molecular complexity index is 417. The second kappa shape index (κ2) is 6.61. The van der Waals surface area contributed by atoms with E-state index in [2.05, 4.69) is 9.97 Å². The van der Waals surface area contributed by atoms with Crippen LogP contribution >= 0.6 is 11.6 Å². The van der Waals surface area contributed by atoms with Crippen molar-refractivity contribution in [2.45, 2.75) is 32.0 Å². The van der Waals surface area contributed by atoms with E-state index < -0.39 is 5.60 Å². The number of rotatable bonds is 5. The average molecular weight is 287 g/mol. The molecule has 5 nitrogen and oxygen atoms in total. The maximum atomic E-state index is 6.07. The maximum absolute atomic E-state index is 6.07. The Hall–Kier alpha value is -0.750. The fourth-order valence-corrected chi connectivity index (χ4v) is 2.51. The minimum absolute atomic E-state index is 0.411. The van der Waals surface area contributed by atoms with Crippen molar-refractivity contribution in [1.29, 1.82) is 0 Å². The zero-order valence-corrected chi connectivity index (χ0v) is 12.1. The van der Waals surface area contributed by atoms with Gasteiger partial charge in [0.15, 0.2) is 5.82 Å². The van der Waals surface area contributed by atoms with Crippen molar-refractivity contribution in [3.05, 3.63) is 22.7 Å². The molecule has 19 heavy (non-hydrogen) atoms. The standard InChI is InChI=1S/C13H19ClN2O3/c1-3-19-13(4-6-18-7-5-13)12-15-10(9-17-2)8-11(14)16-12/h8H,3-7,9H2,1-2H3. The molecular formula is C13H19ClN2O3. The van der Waals surface area contributed by atoms with Crippen molar-refractivity contribution in [2.24, 2.45) is 0 Å². The molecule has 2 heterocycles. The van der Waals surface area contributed by atoms with E-state index in [0.29, 0.717) is 37.4 Å². The van der Waals surface area contributed by atoms with Gasteiger partial charge in [-0.05, 0) is 13.0 Å². The molecule has 1 aliphatic heterocycles. The molecule has 0 bridgehead atoms. The monoisotopic (exact) mass is 286 g/mol. The summed E-state index contributed by atoms with van der Waals surface area (Å²) in [4.78, 5) is 8.89. The highest BCUT2D eigenvalue weighted by atomic mass is 35.5. The van der Waals surface area contributed by atoms with Gasteiger partial charge in [-0.25, -0.2) is 9.97 Å². The van der Waals surface area contributed by atoms with Crippen LogP contribution in [-0.2, 0) is 26.4 Å². The van der Waals surface area contributed by atoms with E-state index in [0.717, 1.165) is 18.5 Å². The number of methoxy groups -OCH3 is 1. The van der Waals surface area contributed by atoms with Gasteiger partial charge in [-0.2, -0.15) is 0 Å². The Labute approximate surface area is 118 Å². The van der Waals surface area contributed by atoms with Crippen LogP contribution in [0.1, 0.15) is 31.3 Å².